The van der Waals surface area contributed by atoms with Crippen molar-refractivity contribution in [3.05, 3.63) is 29.8 Å². The highest BCUT2D eigenvalue weighted by Crippen LogP contribution is 2.33. The number of likely N-dealkylation sites (N-methyl/N-ethyl adjacent to an activating group) is 1. The highest BCUT2D eigenvalue weighted by Gasteiger charge is 2.31. The predicted octanol–water partition coefficient (Wildman–Crippen LogP) is 2.90. The molecular formula is C20H30N2O4S. The van der Waals surface area contributed by atoms with Gasteiger partial charge in [-0.2, -0.15) is 4.31 Å². The van der Waals surface area contributed by atoms with Gasteiger partial charge in [-0.1, -0.05) is 31.4 Å². The molecule has 0 aromatic heterocycles. The number of aliphatic carboxylic acids is 1. The molecule has 1 heterocycles. The summed E-state index contributed by atoms with van der Waals surface area (Å²) in [4.78, 5) is 13.0. The minimum atomic E-state index is -3.48. The third-order valence-electron chi connectivity index (χ3n) is 6.03. The maximum Gasteiger partial charge on any atom is 0.317 e. The van der Waals surface area contributed by atoms with Crippen molar-refractivity contribution in [1.82, 2.24) is 9.21 Å². The third kappa shape index (κ3) is 4.89. The third-order valence-corrected chi connectivity index (χ3v) is 7.94. The Bertz CT molecular complexity index is 734. The van der Waals surface area contributed by atoms with Crippen LogP contribution < -0.4 is 0 Å². The number of nitrogens with zero attached hydrogens (tertiary/aromatic N) is 2. The number of carboxylic acid groups (broad SMARTS) is 1. The molecule has 0 spiro atoms. The zero-order valence-electron chi connectivity index (χ0n) is 16.0. The van der Waals surface area contributed by atoms with Crippen LogP contribution in [0.25, 0.3) is 0 Å². The molecule has 1 aromatic carbocycles. The molecule has 0 unspecified atom stereocenters. The Kier molecular flexibility index (Phi) is 6.55. The quantitative estimate of drug-likeness (QED) is 0.803. The zero-order chi connectivity index (χ0) is 19.4. The molecule has 6 nitrogen and oxygen atoms in total. The smallest absolute Gasteiger partial charge is 0.317 e. The summed E-state index contributed by atoms with van der Waals surface area (Å²) in [5.74, 6) is -0.290. The van der Waals surface area contributed by atoms with Gasteiger partial charge in [0.1, 0.15) is 0 Å². The minimum Gasteiger partial charge on any atom is -0.480 e. The van der Waals surface area contributed by atoms with Crippen LogP contribution in [0, 0.1) is 0 Å². The van der Waals surface area contributed by atoms with E-state index in [1.54, 1.807) is 24.1 Å². The summed E-state index contributed by atoms with van der Waals surface area (Å²) in [7, 11) is -1.70. The molecule has 1 N–H and O–H groups in total. The molecule has 2 aliphatic rings. The van der Waals surface area contributed by atoms with E-state index >= 15 is 0 Å². The minimum absolute atomic E-state index is 0.0138. The highest BCUT2D eigenvalue weighted by molar-refractivity contribution is 7.89. The highest BCUT2D eigenvalue weighted by atomic mass is 32.2. The van der Waals surface area contributed by atoms with Crippen LogP contribution in [0.4, 0.5) is 0 Å². The van der Waals surface area contributed by atoms with E-state index in [2.05, 4.69) is 0 Å². The van der Waals surface area contributed by atoms with Crippen molar-refractivity contribution in [1.29, 1.82) is 0 Å². The Morgan fingerprint density at radius 3 is 2.22 bits per heavy atom. The van der Waals surface area contributed by atoms with Crippen molar-refractivity contribution in [3.8, 4) is 0 Å². The number of hydrogen-bond acceptors (Lipinski definition) is 4. The average molecular weight is 395 g/mol. The van der Waals surface area contributed by atoms with Gasteiger partial charge in [-0.3, -0.25) is 9.69 Å². The number of benzene rings is 1. The molecule has 150 valence electrons. The standard InChI is InChI=1S/C20H30N2O4S/c1-21(15-20(23)24)18-11-13-22(14-12-18)27(25,26)19-9-7-17(8-10-19)16-5-3-2-4-6-16/h7-10,16,18H,2-6,11-15H2,1H3,(H,23,24). The normalized spacial score (nSPS) is 20.8. The fourth-order valence-electron chi connectivity index (χ4n) is 4.36. The van der Waals surface area contributed by atoms with E-state index in [1.807, 2.05) is 12.1 Å². The Morgan fingerprint density at radius 1 is 1.07 bits per heavy atom. The fourth-order valence-corrected chi connectivity index (χ4v) is 5.83. The number of hydrogen-bond donors (Lipinski definition) is 1. The van der Waals surface area contributed by atoms with E-state index in [0.29, 0.717) is 36.7 Å². The van der Waals surface area contributed by atoms with Crippen LogP contribution in [0.2, 0.25) is 0 Å². The summed E-state index contributed by atoms with van der Waals surface area (Å²) >= 11 is 0. The van der Waals surface area contributed by atoms with E-state index in [1.165, 1.54) is 42.0 Å². The lowest BCUT2D eigenvalue weighted by molar-refractivity contribution is -0.138. The zero-order valence-corrected chi connectivity index (χ0v) is 16.8. The monoisotopic (exact) mass is 394 g/mol. The van der Waals surface area contributed by atoms with Gasteiger partial charge in [0.25, 0.3) is 0 Å². The van der Waals surface area contributed by atoms with Crippen molar-refractivity contribution >= 4 is 16.0 Å². The molecule has 0 amide bonds. The Balaban J connectivity index is 1.62. The molecule has 1 saturated heterocycles. The number of carbonyl (C=O) groups is 1. The van der Waals surface area contributed by atoms with Crippen molar-refractivity contribution in [3.63, 3.8) is 0 Å². The van der Waals surface area contributed by atoms with Gasteiger partial charge in [-0.15, -0.1) is 0 Å². The molecule has 27 heavy (non-hydrogen) atoms. The van der Waals surface area contributed by atoms with Crippen LogP contribution in [0.5, 0.6) is 0 Å². The first-order chi connectivity index (χ1) is 12.9. The molecule has 0 atom stereocenters. The van der Waals surface area contributed by atoms with E-state index in [0.717, 1.165) is 0 Å². The van der Waals surface area contributed by atoms with Crippen LogP contribution in [0.1, 0.15) is 56.4 Å². The number of sulfonamides is 1. The van der Waals surface area contributed by atoms with Gasteiger partial charge in [0, 0.05) is 19.1 Å². The Hall–Kier alpha value is -1.44. The second-order valence-electron chi connectivity index (χ2n) is 7.85. The van der Waals surface area contributed by atoms with Gasteiger partial charge in [-0.05, 0) is 56.3 Å². The molecule has 1 aliphatic carbocycles. The lowest BCUT2D eigenvalue weighted by Gasteiger charge is -2.35. The summed E-state index contributed by atoms with van der Waals surface area (Å²) in [5, 5.41) is 8.91. The van der Waals surface area contributed by atoms with Gasteiger partial charge in [0.05, 0.1) is 11.4 Å². The van der Waals surface area contributed by atoms with E-state index < -0.39 is 16.0 Å². The lowest BCUT2D eigenvalue weighted by Crippen LogP contribution is -2.46. The topological polar surface area (TPSA) is 77.9 Å². The molecule has 0 bridgehead atoms. The van der Waals surface area contributed by atoms with Crippen molar-refractivity contribution in [2.24, 2.45) is 0 Å². The first kappa shape index (κ1) is 20.3. The van der Waals surface area contributed by atoms with Crippen molar-refractivity contribution in [2.75, 3.05) is 26.7 Å². The molecule has 7 heteroatoms. The summed E-state index contributed by atoms with van der Waals surface area (Å²) in [5.41, 5.74) is 1.25. The summed E-state index contributed by atoms with van der Waals surface area (Å²) in [6.45, 7) is 0.850. The van der Waals surface area contributed by atoms with Crippen LogP contribution in [0.3, 0.4) is 0 Å². The number of piperidine rings is 1. The second kappa shape index (κ2) is 8.71. The first-order valence-corrected chi connectivity index (χ1v) is 11.3. The summed E-state index contributed by atoms with van der Waals surface area (Å²) in [6, 6.07) is 7.58. The van der Waals surface area contributed by atoms with E-state index in [9.17, 15) is 13.2 Å². The van der Waals surface area contributed by atoms with Crippen LogP contribution >= 0.6 is 0 Å². The van der Waals surface area contributed by atoms with Gasteiger partial charge in [-0.25, -0.2) is 8.42 Å². The van der Waals surface area contributed by atoms with Gasteiger partial charge < -0.3 is 5.11 Å². The maximum atomic E-state index is 12.9. The first-order valence-electron chi connectivity index (χ1n) is 9.90. The number of carboxylic acids is 1. The molecule has 1 aliphatic heterocycles. The van der Waals surface area contributed by atoms with Gasteiger partial charge >= 0.3 is 5.97 Å². The molecule has 0 radical (unpaired) electrons. The van der Waals surface area contributed by atoms with Crippen LogP contribution in [-0.2, 0) is 14.8 Å². The van der Waals surface area contributed by atoms with Gasteiger partial charge in [0.15, 0.2) is 0 Å². The molecule has 1 saturated carbocycles. The SMILES string of the molecule is CN(CC(=O)O)C1CCN(S(=O)(=O)c2ccc(C3CCCCC3)cc2)CC1. The van der Waals surface area contributed by atoms with Crippen LogP contribution in [0.15, 0.2) is 29.2 Å². The fraction of sp³-hybridized carbons (Fsp3) is 0.650. The molecular weight excluding hydrogens is 364 g/mol. The predicted molar refractivity (Wildman–Crippen MR) is 104 cm³/mol. The number of rotatable bonds is 6. The van der Waals surface area contributed by atoms with E-state index in [4.69, 9.17) is 5.11 Å². The molecule has 2 fully saturated rings. The second-order valence-corrected chi connectivity index (χ2v) is 9.79. The average Bonchev–Trinajstić information content (AvgIpc) is 2.68. The maximum absolute atomic E-state index is 12.9. The lowest BCUT2D eigenvalue weighted by atomic mass is 9.84. The van der Waals surface area contributed by atoms with Gasteiger partial charge in [0.2, 0.25) is 10.0 Å². The summed E-state index contributed by atoms with van der Waals surface area (Å²) < 4.78 is 27.4. The molecule has 3 rings (SSSR count). The van der Waals surface area contributed by atoms with Crippen molar-refractivity contribution < 1.29 is 18.3 Å². The largest absolute Gasteiger partial charge is 0.480 e. The molecule has 1 aromatic rings. The summed E-state index contributed by atoms with van der Waals surface area (Å²) in [6.07, 6.45) is 7.53. The Labute approximate surface area is 162 Å². The van der Waals surface area contributed by atoms with E-state index in [-0.39, 0.29) is 12.6 Å². The van der Waals surface area contributed by atoms with Crippen LogP contribution in [-0.4, -0.2) is 61.4 Å². The Morgan fingerprint density at radius 2 is 1.67 bits per heavy atom. The van der Waals surface area contributed by atoms with Crippen molar-refractivity contribution in [2.45, 2.75) is 61.8 Å².